The molecule has 0 bridgehead atoms. The molecule has 2 aromatic rings. The maximum atomic E-state index is 13.4. The lowest BCUT2D eigenvalue weighted by Crippen LogP contribution is -2.57. The lowest BCUT2D eigenvalue weighted by Gasteiger charge is -2.31. The monoisotopic (exact) mass is 543 g/mol. The molecule has 1 fully saturated rings. The van der Waals surface area contributed by atoms with Gasteiger partial charge in [-0.1, -0.05) is 45.4 Å². The fourth-order valence-corrected chi connectivity index (χ4v) is 4.67. The zero-order chi connectivity index (χ0) is 29.0. The second-order valence-electron chi connectivity index (χ2n) is 10.5. The molecule has 212 valence electrons. The fourth-order valence-electron chi connectivity index (χ4n) is 4.67. The number of likely N-dealkylation sites (tertiary alicyclic amines) is 1. The summed E-state index contributed by atoms with van der Waals surface area (Å²) in [6.07, 6.45) is 0.243. The van der Waals surface area contributed by atoms with Crippen molar-refractivity contribution < 1.29 is 28.3 Å². The van der Waals surface area contributed by atoms with Gasteiger partial charge >= 0.3 is 11.8 Å². The van der Waals surface area contributed by atoms with Crippen LogP contribution < -0.4 is 16.4 Å². The molecular weight excluding hydrogens is 506 g/mol. The molecule has 3 amide bonds. The third-order valence-corrected chi connectivity index (χ3v) is 6.82. The summed E-state index contributed by atoms with van der Waals surface area (Å²) in [4.78, 5) is 65.8. The van der Waals surface area contributed by atoms with Gasteiger partial charge in [0.05, 0.1) is 18.8 Å². The van der Waals surface area contributed by atoms with Crippen molar-refractivity contribution in [3.63, 3.8) is 0 Å². The van der Waals surface area contributed by atoms with E-state index in [2.05, 4.69) is 20.5 Å². The Labute approximate surface area is 227 Å². The van der Waals surface area contributed by atoms with Crippen molar-refractivity contribution in [2.75, 3.05) is 13.7 Å². The molecule has 0 unspecified atom stereocenters. The highest BCUT2D eigenvalue weighted by molar-refractivity contribution is 6.00. The van der Waals surface area contributed by atoms with Crippen LogP contribution in [0.25, 0.3) is 5.69 Å². The number of alkyl carbamates (subject to hydrolysis) is 1. The number of aryl methyl sites for hydroxylation is 2. The Kier molecular flexibility index (Phi) is 9.31. The molecule has 1 saturated heterocycles. The van der Waals surface area contributed by atoms with Crippen molar-refractivity contribution in [3.05, 3.63) is 45.8 Å². The second-order valence-corrected chi connectivity index (χ2v) is 10.5. The molecule has 39 heavy (non-hydrogen) atoms. The zero-order valence-corrected chi connectivity index (χ0v) is 23.4. The van der Waals surface area contributed by atoms with Gasteiger partial charge in [0.1, 0.15) is 12.1 Å². The van der Waals surface area contributed by atoms with E-state index < -0.39 is 53.5 Å². The summed E-state index contributed by atoms with van der Waals surface area (Å²) in [5.41, 5.74) is 2.27. The van der Waals surface area contributed by atoms with Gasteiger partial charge < -0.3 is 24.7 Å². The third kappa shape index (κ3) is 6.55. The first-order chi connectivity index (χ1) is 18.3. The highest BCUT2D eigenvalue weighted by Gasteiger charge is 2.40. The number of carbonyl (C=O) groups excluding carboxylic acids is 4. The van der Waals surface area contributed by atoms with Crippen molar-refractivity contribution in [1.29, 1.82) is 0 Å². The highest BCUT2D eigenvalue weighted by atomic mass is 16.5. The van der Waals surface area contributed by atoms with E-state index in [9.17, 15) is 24.0 Å². The summed E-state index contributed by atoms with van der Waals surface area (Å²) in [5.74, 6) is -3.41. The summed E-state index contributed by atoms with van der Waals surface area (Å²) in [6, 6.07) is 2.67. The van der Waals surface area contributed by atoms with Crippen LogP contribution in [0.1, 0.15) is 62.3 Å². The number of nitrogens with zero attached hydrogens (tertiary/aromatic N) is 3. The molecule has 1 aromatic carbocycles. The van der Waals surface area contributed by atoms with E-state index in [-0.39, 0.29) is 11.8 Å². The van der Waals surface area contributed by atoms with E-state index in [4.69, 9.17) is 4.42 Å². The quantitative estimate of drug-likeness (QED) is 0.456. The van der Waals surface area contributed by atoms with Crippen LogP contribution >= 0.6 is 0 Å². The Morgan fingerprint density at radius 1 is 1.05 bits per heavy atom. The fraction of sp³-hybridized carbons (Fsp3) is 0.556. The number of Topliss-reactive ketones (excluding diaryl/α,β-unsaturated/α-hetero) is 1. The van der Waals surface area contributed by atoms with Crippen molar-refractivity contribution in [2.24, 2.45) is 11.8 Å². The number of methoxy groups -OCH3 is 1. The Balaban J connectivity index is 1.81. The van der Waals surface area contributed by atoms with E-state index in [1.807, 2.05) is 26.0 Å². The lowest BCUT2D eigenvalue weighted by molar-refractivity contribution is -0.141. The van der Waals surface area contributed by atoms with Crippen LogP contribution in [0.4, 0.5) is 4.79 Å². The van der Waals surface area contributed by atoms with Crippen molar-refractivity contribution >= 4 is 23.7 Å². The van der Waals surface area contributed by atoms with E-state index in [0.717, 1.165) is 15.8 Å². The Morgan fingerprint density at radius 2 is 1.72 bits per heavy atom. The predicted octanol–water partition coefficient (Wildman–Crippen LogP) is 2.14. The van der Waals surface area contributed by atoms with E-state index in [1.165, 1.54) is 12.0 Å². The van der Waals surface area contributed by atoms with Gasteiger partial charge in [-0.15, -0.1) is 5.10 Å². The highest BCUT2D eigenvalue weighted by Crippen LogP contribution is 2.22. The number of amides is 3. The van der Waals surface area contributed by atoms with Gasteiger partial charge in [-0.25, -0.2) is 9.59 Å². The second kappa shape index (κ2) is 12.3. The summed E-state index contributed by atoms with van der Waals surface area (Å²) >= 11 is 0. The molecule has 0 saturated carbocycles. The molecule has 1 aliphatic heterocycles. The standard InChI is InChI=1S/C27H37N5O7/c1-14(2)20(22(33)24-30-32(27(37)39-24)18-11-10-16(5)13-17(18)6)28-23(34)19-9-8-12-31(19)25(35)21(15(3)4)29-26(36)38-7/h10-11,13-15,19-21H,8-9,12H2,1-7H3,(H,28,34)(H,29,36)/t19-,20-,21-/m0/s1. The summed E-state index contributed by atoms with van der Waals surface area (Å²) in [6.45, 7) is 11.1. The van der Waals surface area contributed by atoms with Crippen LogP contribution in [0.2, 0.25) is 0 Å². The average Bonchev–Trinajstić information content (AvgIpc) is 3.51. The van der Waals surface area contributed by atoms with E-state index in [1.54, 1.807) is 33.8 Å². The predicted molar refractivity (Wildman–Crippen MR) is 142 cm³/mol. The number of aromatic nitrogens is 2. The molecule has 0 spiro atoms. The van der Waals surface area contributed by atoms with Crippen LogP contribution in [0, 0.1) is 25.7 Å². The number of ketones is 1. The first-order valence-electron chi connectivity index (χ1n) is 13.0. The molecule has 2 heterocycles. The normalized spacial score (nSPS) is 16.7. The number of nitrogens with one attached hydrogen (secondary N) is 2. The third-order valence-electron chi connectivity index (χ3n) is 6.82. The molecule has 3 rings (SSSR count). The number of ether oxygens (including phenoxy) is 1. The van der Waals surface area contributed by atoms with E-state index >= 15 is 0 Å². The molecule has 0 aliphatic carbocycles. The summed E-state index contributed by atoms with van der Waals surface area (Å²) in [5, 5.41) is 9.40. The SMILES string of the molecule is COC(=O)N[C@H](C(=O)N1CCC[C@H]1C(=O)N[C@H](C(=O)c1nn(-c2ccc(C)cc2C)c(=O)o1)C(C)C)C(C)C. The maximum absolute atomic E-state index is 13.4. The summed E-state index contributed by atoms with van der Waals surface area (Å²) in [7, 11) is 1.21. The van der Waals surface area contributed by atoms with Gasteiger partial charge in [0, 0.05) is 6.54 Å². The zero-order valence-electron chi connectivity index (χ0n) is 23.4. The minimum atomic E-state index is -1.05. The molecule has 2 N–H and O–H groups in total. The van der Waals surface area contributed by atoms with Crippen LogP contribution in [-0.4, -0.2) is 70.2 Å². The van der Waals surface area contributed by atoms with Crippen molar-refractivity contribution in [3.8, 4) is 5.69 Å². The van der Waals surface area contributed by atoms with Gasteiger partial charge in [0.25, 0.3) is 5.89 Å². The van der Waals surface area contributed by atoms with Crippen molar-refractivity contribution in [1.82, 2.24) is 25.3 Å². The number of rotatable bonds is 9. The molecular formula is C27H37N5O7. The lowest BCUT2D eigenvalue weighted by atomic mass is 9.98. The van der Waals surface area contributed by atoms with Crippen LogP contribution in [-0.2, 0) is 14.3 Å². The Bertz CT molecular complexity index is 1300. The van der Waals surface area contributed by atoms with Crippen LogP contribution in [0.3, 0.4) is 0 Å². The average molecular weight is 544 g/mol. The Hall–Kier alpha value is -3.96. The molecule has 12 heteroatoms. The molecule has 0 radical (unpaired) electrons. The van der Waals surface area contributed by atoms with Gasteiger partial charge in [0.15, 0.2) is 0 Å². The number of benzene rings is 1. The molecule has 3 atom stereocenters. The van der Waals surface area contributed by atoms with Gasteiger partial charge in [-0.05, 0) is 50.2 Å². The van der Waals surface area contributed by atoms with Crippen molar-refractivity contribution in [2.45, 2.75) is 72.5 Å². The van der Waals surface area contributed by atoms with Crippen LogP contribution in [0.5, 0.6) is 0 Å². The molecule has 1 aromatic heterocycles. The first-order valence-corrected chi connectivity index (χ1v) is 13.0. The first kappa shape index (κ1) is 29.6. The van der Waals surface area contributed by atoms with E-state index in [0.29, 0.717) is 25.1 Å². The number of carbonyl (C=O) groups is 4. The summed E-state index contributed by atoms with van der Waals surface area (Å²) < 4.78 is 10.9. The smallest absolute Gasteiger partial charge is 0.442 e. The minimum absolute atomic E-state index is 0.249. The number of hydrogen-bond acceptors (Lipinski definition) is 8. The maximum Gasteiger partial charge on any atom is 0.442 e. The minimum Gasteiger partial charge on any atom is -0.453 e. The number of hydrogen-bond donors (Lipinski definition) is 2. The molecule has 12 nitrogen and oxygen atoms in total. The van der Waals surface area contributed by atoms with Gasteiger partial charge in [0.2, 0.25) is 17.6 Å². The van der Waals surface area contributed by atoms with Gasteiger partial charge in [-0.2, -0.15) is 4.68 Å². The molecule has 1 aliphatic rings. The topological polar surface area (TPSA) is 153 Å². The van der Waals surface area contributed by atoms with Crippen LogP contribution in [0.15, 0.2) is 27.4 Å². The van der Waals surface area contributed by atoms with Gasteiger partial charge in [-0.3, -0.25) is 14.4 Å². The largest absolute Gasteiger partial charge is 0.453 e. The Morgan fingerprint density at radius 3 is 2.31 bits per heavy atom.